The van der Waals surface area contributed by atoms with Gasteiger partial charge in [-0.2, -0.15) is 0 Å². The fraction of sp³-hybridized carbons (Fsp3) is 0.235. The summed E-state index contributed by atoms with van der Waals surface area (Å²) in [4.78, 5) is 10.8. The largest absolute Gasteiger partial charge is 0.496 e. The van der Waals surface area contributed by atoms with Gasteiger partial charge in [-0.05, 0) is 47.9 Å². The molecule has 0 bridgehead atoms. The molecule has 2 N–H and O–H groups in total. The molecular formula is C17H19NO5S. The van der Waals surface area contributed by atoms with E-state index in [0.29, 0.717) is 0 Å². The van der Waals surface area contributed by atoms with Crippen molar-refractivity contribution in [3.63, 3.8) is 0 Å². The normalized spacial score (nSPS) is 11.2. The minimum atomic E-state index is -3.71. The molecule has 0 amide bonds. The molecule has 0 saturated heterocycles. The van der Waals surface area contributed by atoms with E-state index in [-0.39, 0.29) is 17.0 Å². The Morgan fingerprint density at radius 2 is 1.83 bits per heavy atom. The second-order valence-electron chi connectivity index (χ2n) is 5.15. The van der Waals surface area contributed by atoms with E-state index in [1.807, 2.05) is 19.1 Å². The predicted molar refractivity (Wildman–Crippen MR) is 89.8 cm³/mol. The zero-order valence-electron chi connectivity index (χ0n) is 13.4. The molecule has 0 aromatic heterocycles. The molecule has 0 radical (unpaired) electrons. The van der Waals surface area contributed by atoms with Crippen LogP contribution in [0, 0.1) is 0 Å². The van der Waals surface area contributed by atoms with Crippen LogP contribution in [0.5, 0.6) is 5.75 Å². The summed E-state index contributed by atoms with van der Waals surface area (Å²) in [7, 11) is -2.12. The first kappa shape index (κ1) is 18.0. The van der Waals surface area contributed by atoms with Crippen LogP contribution >= 0.6 is 0 Å². The average molecular weight is 349 g/mol. The highest BCUT2D eigenvalue weighted by molar-refractivity contribution is 7.89. The second kappa shape index (κ2) is 7.46. The monoisotopic (exact) mass is 349 g/mol. The Morgan fingerprint density at radius 3 is 2.38 bits per heavy atom. The molecule has 0 aliphatic heterocycles. The number of benzene rings is 2. The SMILES string of the molecule is CCc1cc(CNS(=O)(=O)c2ccc(C(=O)O)cc2)ccc1OC. The van der Waals surface area contributed by atoms with E-state index in [4.69, 9.17) is 9.84 Å². The van der Waals surface area contributed by atoms with E-state index in [2.05, 4.69) is 4.72 Å². The topological polar surface area (TPSA) is 92.7 Å². The van der Waals surface area contributed by atoms with Gasteiger partial charge < -0.3 is 9.84 Å². The first-order chi connectivity index (χ1) is 11.4. The molecule has 0 saturated carbocycles. The van der Waals surface area contributed by atoms with Crippen molar-refractivity contribution in [2.45, 2.75) is 24.8 Å². The molecule has 0 atom stereocenters. The number of carboxylic acids is 1. The number of aromatic carboxylic acids is 1. The summed E-state index contributed by atoms with van der Waals surface area (Å²) in [6.45, 7) is 2.13. The lowest BCUT2D eigenvalue weighted by atomic mass is 10.1. The molecule has 24 heavy (non-hydrogen) atoms. The number of aryl methyl sites for hydroxylation is 1. The summed E-state index contributed by atoms with van der Waals surface area (Å²) in [5.41, 5.74) is 1.86. The van der Waals surface area contributed by atoms with Crippen molar-refractivity contribution in [2.24, 2.45) is 0 Å². The Bertz CT molecular complexity index is 829. The number of carboxylic acid groups (broad SMARTS) is 1. The Labute approximate surface area is 141 Å². The number of ether oxygens (including phenoxy) is 1. The van der Waals surface area contributed by atoms with Crippen molar-refractivity contribution in [1.29, 1.82) is 0 Å². The summed E-state index contributed by atoms with van der Waals surface area (Å²) < 4.78 is 32.3. The van der Waals surface area contributed by atoms with Crippen LogP contribution in [0.15, 0.2) is 47.4 Å². The van der Waals surface area contributed by atoms with Crippen LogP contribution < -0.4 is 9.46 Å². The third-order valence-corrected chi connectivity index (χ3v) is 5.02. The Balaban J connectivity index is 2.14. The molecule has 2 rings (SSSR count). The lowest BCUT2D eigenvalue weighted by Crippen LogP contribution is -2.23. The van der Waals surface area contributed by atoms with Crippen molar-refractivity contribution in [1.82, 2.24) is 4.72 Å². The zero-order valence-corrected chi connectivity index (χ0v) is 14.3. The Kier molecular flexibility index (Phi) is 5.58. The van der Waals surface area contributed by atoms with Gasteiger partial charge in [-0.1, -0.05) is 19.1 Å². The summed E-state index contributed by atoms with van der Waals surface area (Å²) in [6, 6.07) is 10.6. The van der Waals surface area contributed by atoms with Crippen LogP contribution in [0.3, 0.4) is 0 Å². The third kappa shape index (κ3) is 4.12. The molecular weight excluding hydrogens is 330 g/mol. The Morgan fingerprint density at radius 1 is 1.17 bits per heavy atom. The quantitative estimate of drug-likeness (QED) is 0.801. The standard InChI is InChI=1S/C17H19NO5S/c1-3-13-10-12(4-9-16(13)23-2)11-18-24(21,22)15-7-5-14(6-8-15)17(19)20/h4-10,18H,3,11H2,1-2H3,(H,19,20). The fourth-order valence-corrected chi connectivity index (χ4v) is 3.27. The Hall–Kier alpha value is -2.38. The van der Waals surface area contributed by atoms with E-state index in [0.717, 1.165) is 23.3 Å². The fourth-order valence-electron chi connectivity index (χ4n) is 2.26. The van der Waals surface area contributed by atoms with E-state index in [9.17, 15) is 13.2 Å². The van der Waals surface area contributed by atoms with E-state index in [1.54, 1.807) is 13.2 Å². The van der Waals surface area contributed by atoms with E-state index < -0.39 is 16.0 Å². The van der Waals surface area contributed by atoms with Gasteiger partial charge in [0.2, 0.25) is 10.0 Å². The van der Waals surface area contributed by atoms with Gasteiger partial charge in [0, 0.05) is 6.54 Å². The van der Waals surface area contributed by atoms with Crippen molar-refractivity contribution >= 4 is 16.0 Å². The van der Waals surface area contributed by atoms with Crippen LogP contribution in [0.25, 0.3) is 0 Å². The van der Waals surface area contributed by atoms with Crippen molar-refractivity contribution in [2.75, 3.05) is 7.11 Å². The summed E-state index contributed by atoms with van der Waals surface area (Å²) >= 11 is 0. The highest BCUT2D eigenvalue weighted by Crippen LogP contribution is 2.20. The molecule has 128 valence electrons. The predicted octanol–water partition coefficient (Wildman–Crippen LogP) is 2.43. The molecule has 2 aromatic rings. The number of rotatable bonds is 7. The van der Waals surface area contributed by atoms with Gasteiger partial charge in [0.25, 0.3) is 0 Å². The highest BCUT2D eigenvalue weighted by Gasteiger charge is 2.15. The molecule has 7 heteroatoms. The van der Waals surface area contributed by atoms with Gasteiger partial charge in [0.05, 0.1) is 17.6 Å². The van der Waals surface area contributed by atoms with E-state index in [1.165, 1.54) is 24.3 Å². The van der Waals surface area contributed by atoms with Crippen LogP contribution in [-0.4, -0.2) is 26.6 Å². The number of carbonyl (C=O) groups is 1. The van der Waals surface area contributed by atoms with Gasteiger partial charge in [-0.15, -0.1) is 0 Å². The molecule has 0 spiro atoms. The van der Waals surface area contributed by atoms with Crippen LogP contribution in [0.4, 0.5) is 0 Å². The lowest BCUT2D eigenvalue weighted by molar-refractivity contribution is 0.0696. The molecule has 2 aromatic carbocycles. The zero-order chi connectivity index (χ0) is 17.7. The molecule has 0 unspecified atom stereocenters. The number of hydrogen-bond acceptors (Lipinski definition) is 4. The molecule has 0 heterocycles. The number of hydrogen-bond donors (Lipinski definition) is 2. The lowest BCUT2D eigenvalue weighted by Gasteiger charge is -2.11. The smallest absolute Gasteiger partial charge is 0.335 e. The first-order valence-electron chi connectivity index (χ1n) is 7.36. The van der Waals surface area contributed by atoms with Crippen LogP contribution in [0.2, 0.25) is 0 Å². The maximum Gasteiger partial charge on any atom is 0.335 e. The number of nitrogens with one attached hydrogen (secondary N) is 1. The van der Waals surface area contributed by atoms with E-state index >= 15 is 0 Å². The molecule has 0 fully saturated rings. The second-order valence-corrected chi connectivity index (χ2v) is 6.92. The summed E-state index contributed by atoms with van der Waals surface area (Å²) in [5.74, 6) is -0.328. The van der Waals surface area contributed by atoms with Gasteiger partial charge in [0.1, 0.15) is 5.75 Å². The number of sulfonamides is 1. The average Bonchev–Trinajstić information content (AvgIpc) is 2.59. The minimum Gasteiger partial charge on any atom is -0.496 e. The molecule has 0 aliphatic carbocycles. The summed E-state index contributed by atoms with van der Waals surface area (Å²) in [6.07, 6.45) is 0.778. The maximum atomic E-state index is 12.3. The maximum absolute atomic E-state index is 12.3. The van der Waals surface area contributed by atoms with Crippen LogP contribution in [0.1, 0.15) is 28.4 Å². The van der Waals surface area contributed by atoms with Crippen molar-refractivity contribution < 1.29 is 23.1 Å². The van der Waals surface area contributed by atoms with Crippen molar-refractivity contribution in [3.8, 4) is 5.75 Å². The molecule has 6 nitrogen and oxygen atoms in total. The van der Waals surface area contributed by atoms with Gasteiger partial charge >= 0.3 is 5.97 Å². The van der Waals surface area contributed by atoms with Gasteiger partial charge in [-0.25, -0.2) is 17.9 Å². The highest BCUT2D eigenvalue weighted by atomic mass is 32.2. The van der Waals surface area contributed by atoms with Crippen molar-refractivity contribution in [3.05, 3.63) is 59.2 Å². The summed E-state index contributed by atoms with van der Waals surface area (Å²) in [5, 5.41) is 8.85. The number of methoxy groups -OCH3 is 1. The van der Waals surface area contributed by atoms with Crippen LogP contribution in [-0.2, 0) is 23.0 Å². The van der Waals surface area contributed by atoms with Gasteiger partial charge in [-0.3, -0.25) is 0 Å². The van der Waals surface area contributed by atoms with Gasteiger partial charge in [0.15, 0.2) is 0 Å². The molecule has 0 aliphatic rings. The third-order valence-electron chi connectivity index (χ3n) is 3.60. The first-order valence-corrected chi connectivity index (χ1v) is 8.84. The minimum absolute atomic E-state index is 0.0247.